The average molecular weight is 284 g/mol. The highest BCUT2D eigenvalue weighted by Crippen LogP contribution is 2.42. The summed E-state index contributed by atoms with van der Waals surface area (Å²) in [5, 5.41) is 18.8. The monoisotopic (exact) mass is 284 g/mol. The molecule has 20 heavy (non-hydrogen) atoms. The number of aromatic amines is 1. The Balaban J connectivity index is 2.06. The van der Waals surface area contributed by atoms with E-state index in [0.717, 1.165) is 16.8 Å². The fourth-order valence-corrected chi connectivity index (χ4v) is 3.45. The smallest absolute Gasteiger partial charge is 0.235 e. The number of fused-ring (bicyclic) bond motifs is 1. The van der Waals surface area contributed by atoms with Crippen molar-refractivity contribution in [3.8, 4) is 6.07 Å². The molecule has 0 fully saturated rings. The molecule has 0 saturated heterocycles. The molecule has 3 rings (SSSR count). The summed E-state index contributed by atoms with van der Waals surface area (Å²) in [6.45, 7) is 1.94. The number of nitrogens with zero attached hydrogens (tertiary/aromatic N) is 2. The van der Waals surface area contributed by atoms with Gasteiger partial charge in [0.25, 0.3) is 0 Å². The van der Waals surface area contributed by atoms with Crippen LogP contribution in [0.1, 0.15) is 27.6 Å². The Morgan fingerprint density at radius 1 is 1.40 bits per heavy atom. The Bertz CT molecular complexity index is 699. The molecule has 0 saturated carbocycles. The number of carbonyl (C=O) groups is 1. The van der Waals surface area contributed by atoms with Crippen LogP contribution in [0.15, 0.2) is 24.3 Å². The van der Waals surface area contributed by atoms with Gasteiger partial charge in [-0.25, -0.2) is 0 Å². The van der Waals surface area contributed by atoms with E-state index in [9.17, 15) is 4.79 Å². The first-order valence-corrected chi connectivity index (χ1v) is 7.20. The molecule has 0 bridgehead atoms. The zero-order valence-corrected chi connectivity index (χ0v) is 11.6. The van der Waals surface area contributed by atoms with E-state index in [-0.39, 0.29) is 11.2 Å². The zero-order chi connectivity index (χ0) is 14.1. The van der Waals surface area contributed by atoms with Crippen LogP contribution in [0.5, 0.6) is 0 Å². The Labute approximate surface area is 120 Å². The molecule has 1 atom stereocenters. The van der Waals surface area contributed by atoms with Gasteiger partial charge in [-0.3, -0.25) is 9.89 Å². The summed E-state index contributed by atoms with van der Waals surface area (Å²) in [6.07, 6.45) is 0. The highest BCUT2D eigenvalue weighted by molar-refractivity contribution is 8.00. The predicted molar refractivity (Wildman–Crippen MR) is 77.4 cm³/mol. The number of nitriles is 1. The van der Waals surface area contributed by atoms with E-state index in [1.807, 2.05) is 19.1 Å². The van der Waals surface area contributed by atoms with Crippen molar-refractivity contribution in [1.82, 2.24) is 10.2 Å². The van der Waals surface area contributed by atoms with E-state index in [1.54, 1.807) is 23.9 Å². The van der Waals surface area contributed by atoms with Gasteiger partial charge in [-0.05, 0) is 24.6 Å². The topological polar surface area (TPSA) is 81.6 Å². The lowest BCUT2D eigenvalue weighted by molar-refractivity contribution is -0.113. The van der Waals surface area contributed by atoms with Gasteiger partial charge >= 0.3 is 0 Å². The first-order valence-electron chi connectivity index (χ1n) is 6.15. The summed E-state index contributed by atoms with van der Waals surface area (Å²) < 4.78 is 0. The molecule has 5 nitrogen and oxygen atoms in total. The van der Waals surface area contributed by atoms with Crippen molar-refractivity contribution in [3.05, 3.63) is 46.6 Å². The summed E-state index contributed by atoms with van der Waals surface area (Å²) in [6, 6.07) is 9.57. The number of H-pyrrole nitrogens is 1. The van der Waals surface area contributed by atoms with Crippen molar-refractivity contribution >= 4 is 23.5 Å². The van der Waals surface area contributed by atoms with Gasteiger partial charge < -0.3 is 5.32 Å². The Morgan fingerprint density at radius 2 is 2.15 bits per heavy atom. The number of aromatic nitrogens is 2. The van der Waals surface area contributed by atoms with Gasteiger partial charge in [-0.1, -0.05) is 12.1 Å². The van der Waals surface area contributed by atoms with Gasteiger partial charge in [0.15, 0.2) is 5.82 Å². The van der Waals surface area contributed by atoms with Crippen LogP contribution >= 0.6 is 11.8 Å². The number of benzene rings is 1. The summed E-state index contributed by atoms with van der Waals surface area (Å²) in [5.41, 5.74) is 3.65. The second-order valence-corrected chi connectivity index (χ2v) is 5.68. The number of anilines is 1. The number of amides is 1. The molecule has 0 unspecified atom stereocenters. The van der Waals surface area contributed by atoms with E-state index in [4.69, 9.17) is 5.26 Å². The van der Waals surface area contributed by atoms with Crippen molar-refractivity contribution in [2.75, 3.05) is 11.1 Å². The molecule has 0 spiro atoms. The molecule has 1 aromatic heterocycles. The van der Waals surface area contributed by atoms with E-state index in [0.29, 0.717) is 17.1 Å². The third-order valence-electron chi connectivity index (χ3n) is 3.24. The molecule has 1 amide bonds. The maximum Gasteiger partial charge on any atom is 0.235 e. The van der Waals surface area contributed by atoms with Gasteiger partial charge in [0.2, 0.25) is 5.91 Å². The lowest BCUT2D eigenvalue weighted by Crippen LogP contribution is -2.12. The second-order valence-electron chi connectivity index (χ2n) is 4.58. The summed E-state index contributed by atoms with van der Waals surface area (Å²) >= 11 is 1.57. The summed E-state index contributed by atoms with van der Waals surface area (Å²) in [7, 11) is 0. The standard InChI is InChI=1S/C14H12N4OS/c1-8-12-13(10-4-2-9(6-15)3-5-10)20-7-11(19)16-14(12)18-17-8/h2-5,13H,7H2,1H3,(H2,16,17,18,19)/t13-/m0/s1. The normalized spacial score (nSPS) is 17.8. The number of hydrogen-bond acceptors (Lipinski definition) is 4. The Kier molecular flexibility index (Phi) is 3.20. The van der Waals surface area contributed by atoms with Crippen molar-refractivity contribution in [3.63, 3.8) is 0 Å². The van der Waals surface area contributed by atoms with Crippen LogP contribution in [0.3, 0.4) is 0 Å². The molecule has 100 valence electrons. The molecule has 1 aliphatic rings. The lowest BCUT2D eigenvalue weighted by atomic mass is 10.0. The summed E-state index contributed by atoms with van der Waals surface area (Å²) in [5.74, 6) is 0.950. The van der Waals surface area contributed by atoms with Crippen molar-refractivity contribution in [2.45, 2.75) is 12.2 Å². The van der Waals surface area contributed by atoms with Crippen LogP contribution in [0, 0.1) is 18.3 Å². The number of nitrogens with one attached hydrogen (secondary N) is 2. The van der Waals surface area contributed by atoms with Gasteiger partial charge in [0.05, 0.1) is 22.6 Å². The number of aryl methyl sites for hydroxylation is 1. The Morgan fingerprint density at radius 3 is 2.85 bits per heavy atom. The Hall–Kier alpha value is -2.26. The highest BCUT2D eigenvalue weighted by atomic mass is 32.2. The minimum absolute atomic E-state index is 0.0374. The van der Waals surface area contributed by atoms with Gasteiger partial charge in [0.1, 0.15) is 0 Å². The molecule has 1 aromatic carbocycles. The molecule has 0 radical (unpaired) electrons. The predicted octanol–water partition coefficient (Wildman–Crippen LogP) is 2.36. The maximum atomic E-state index is 11.7. The van der Waals surface area contributed by atoms with Crippen molar-refractivity contribution < 1.29 is 4.79 Å². The van der Waals surface area contributed by atoms with Crippen LogP contribution < -0.4 is 5.32 Å². The number of carbonyl (C=O) groups excluding carboxylic acids is 1. The van der Waals surface area contributed by atoms with Crippen LogP contribution in [-0.2, 0) is 4.79 Å². The molecule has 6 heteroatoms. The molecule has 0 aliphatic carbocycles. The minimum atomic E-state index is -0.0427. The molecular weight excluding hydrogens is 272 g/mol. The van der Waals surface area contributed by atoms with E-state index < -0.39 is 0 Å². The van der Waals surface area contributed by atoms with Crippen molar-refractivity contribution in [1.29, 1.82) is 5.26 Å². The van der Waals surface area contributed by atoms with Crippen LogP contribution in [0.25, 0.3) is 0 Å². The first-order chi connectivity index (χ1) is 9.69. The zero-order valence-electron chi connectivity index (χ0n) is 10.8. The third-order valence-corrected chi connectivity index (χ3v) is 4.51. The minimum Gasteiger partial charge on any atom is -0.308 e. The second kappa shape index (κ2) is 5.02. The molecule has 1 aliphatic heterocycles. The van der Waals surface area contributed by atoms with E-state index >= 15 is 0 Å². The third kappa shape index (κ3) is 2.17. The van der Waals surface area contributed by atoms with Crippen LogP contribution in [-0.4, -0.2) is 21.9 Å². The van der Waals surface area contributed by atoms with Crippen molar-refractivity contribution in [2.24, 2.45) is 0 Å². The molecule has 2 N–H and O–H groups in total. The number of rotatable bonds is 1. The maximum absolute atomic E-state index is 11.7. The van der Waals surface area contributed by atoms with Crippen LogP contribution in [0.4, 0.5) is 5.82 Å². The quantitative estimate of drug-likeness (QED) is 0.842. The molecule has 2 aromatic rings. The molecular formula is C14H12N4OS. The lowest BCUT2D eigenvalue weighted by Gasteiger charge is -2.15. The fourth-order valence-electron chi connectivity index (χ4n) is 2.26. The fraction of sp³-hybridized carbons (Fsp3) is 0.214. The SMILES string of the molecule is Cc1[nH]nc2c1[C@H](c1ccc(C#N)cc1)SCC(=O)N2. The average Bonchev–Trinajstić information content (AvgIpc) is 2.72. The first kappa shape index (κ1) is 12.8. The highest BCUT2D eigenvalue weighted by Gasteiger charge is 2.27. The van der Waals surface area contributed by atoms with Gasteiger partial charge in [-0.2, -0.15) is 10.4 Å². The number of hydrogen-bond donors (Lipinski definition) is 2. The van der Waals surface area contributed by atoms with E-state index in [1.165, 1.54) is 0 Å². The van der Waals surface area contributed by atoms with Crippen LogP contribution in [0.2, 0.25) is 0 Å². The summed E-state index contributed by atoms with van der Waals surface area (Å²) in [4.78, 5) is 11.7. The van der Waals surface area contributed by atoms with Gasteiger partial charge in [-0.15, -0.1) is 11.8 Å². The van der Waals surface area contributed by atoms with E-state index in [2.05, 4.69) is 21.6 Å². The van der Waals surface area contributed by atoms with Gasteiger partial charge in [0, 0.05) is 11.3 Å². The largest absolute Gasteiger partial charge is 0.308 e. The molecule has 2 heterocycles. The number of thioether (sulfide) groups is 1.